The number of carbonyl (C=O) groups is 1. The fourth-order valence-corrected chi connectivity index (χ4v) is 5.30. The first-order valence-electron chi connectivity index (χ1n) is 9.35. The second-order valence-corrected chi connectivity index (χ2v) is 8.14. The summed E-state index contributed by atoms with van der Waals surface area (Å²) in [7, 11) is 0. The van der Waals surface area contributed by atoms with Gasteiger partial charge in [-0.25, -0.2) is 0 Å². The predicted molar refractivity (Wildman–Crippen MR) is 104 cm³/mol. The standard InChI is InChI=1S/C19H26N4OS/c1-3-23(4-2)18-9-14-11-20-15(10-17(14)25-18)19(24)21-16-12-22-7-5-13(16)6-8-22/h9-11,13,16H,3-8,12H2,1-2H3,(H,21,24). The number of pyridine rings is 1. The molecular formula is C19H26N4OS. The molecule has 25 heavy (non-hydrogen) atoms. The molecule has 134 valence electrons. The smallest absolute Gasteiger partial charge is 0.270 e. The van der Waals surface area contributed by atoms with Gasteiger partial charge in [0.15, 0.2) is 0 Å². The zero-order valence-corrected chi connectivity index (χ0v) is 15.8. The van der Waals surface area contributed by atoms with Crippen LogP contribution < -0.4 is 10.2 Å². The van der Waals surface area contributed by atoms with Gasteiger partial charge in [-0.15, -0.1) is 11.3 Å². The van der Waals surface area contributed by atoms with Crippen molar-refractivity contribution >= 4 is 32.3 Å². The summed E-state index contributed by atoms with van der Waals surface area (Å²) in [5.74, 6) is 0.604. The van der Waals surface area contributed by atoms with E-state index in [-0.39, 0.29) is 11.9 Å². The summed E-state index contributed by atoms with van der Waals surface area (Å²) in [5.41, 5.74) is 0.539. The second-order valence-electron chi connectivity index (χ2n) is 7.08. The molecule has 1 unspecified atom stereocenters. The number of hydrogen-bond acceptors (Lipinski definition) is 5. The minimum Gasteiger partial charge on any atom is -0.364 e. The summed E-state index contributed by atoms with van der Waals surface area (Å²) in [4.78, 5) is 21.9. The lowest BCUT2D eigenvalue weighted by Crippen LogP contribution is -2.57. The Hall–Kier alpha value is -1.66. The predicted octanol–water partition coefficient (Wildman–Crippen LogP) is 2.97. The van der Waals surface area contributed by atoms with Crippen molar-refractivity contribution in [3.05, 3.63) is 24.0 Å². The number of amides is 1. The van der Waals surface area contributed by atoms with Crippen LogP contribution in [0.5, 0.6) is 0 Å². The highest BCUT2D eigenvalue weighted by molar-refractivity contribution is 7.22. The monoisotopic (exact) mass is 358 g/mol. The number of nitrogens with zero attached hydrogens (tertiary/aromatic N) is 3. The zero-order valence-electron chi connectivity index (χ0n) is 15.0. The SMILES string of the molecule is CCN(CC)c1cc2cnc(C(=O)NC3CN4CCC3CC4)cc2s1. The van der Waals surface area contributed by atoms with Crippen molar-refractivity contribution < 1.29 is 4.79 Å². The van der Waals surface area contributed by atoms with E-state index in [0.29, 0.717) is 11.6 Å². The van der Waals surface area contributed by atoms with Crippen molar-refractivity contribution in [1.82, 2.24) is 15.2 Å². The molecule has 3 saturated heterocycles. The first kappa shape index (κ1) is 16.8. The van der Waals surface area contributed by atoms with E-state index in [2.05, 4.69) is 40.0 Å². The highest BCUT2D eigenvalue weighted by Crippen LogP contribution is 2.32. The van der Waals surface area contributed by atoms with Crippen molar-refractivity contribution in [3.8, 4) is 0 Å². The van der Waals surface area contributed by atoms with Crippen molar-refractivity contribution in [3.63, 3.8) is 0 Å². The summed E-state index contributed by atoms with van der Waals surface area (Å²) >= 11 is 1.74. The van der Waals surface area contributed by atoms with E-state index in [9.17, 15) is 4.79 Å². The summed E-state index contributed by atoms with van der Waals surface area (Å²) in [5, 5.41) is 5.60. The maximum absolute atomic E-state index is 12.7. The topological polar surface area (TPSA) is 48.5 Å². The van der Waals surface area contributed by atoms with Gasteiger partial charge in [0.1, 0.15) is 5.69 Å². The lowest BCUT2D eigenvalue weighted by molar-refractivity contribution is 0.0618. The molecule has 5 heterocycles. The molecule has 0 aliphatic carbocycles. The average Bonchev–Trinajstić information content (AvgIpc) is 3.06. The molecule has 5 nitrogen and oxygen atoms in total. The lowest BCUT2D eigenvalue weighted by Gasteiger charge is -2.44. The molecule has 1 atom stereocenters. The summed E-state index contributed by atoms with van der Waals surface area (Å²) in [6.07, 6.45) is 4.25. The number of rotatable bonds is 5. The fraction of sp³-hybridized carbons (Fsp3) is 0.579. The molecule has 2 bridgehead atoms. The Morgan fingerprint density at radius 2 is 2.08 bits per heavy atom. The largest absolute Gasteiger partial charge is 0.364 e. The maximum Gasteiger partial charge on any atom is 0.270 e. The van der Waals surface area contributed by atoms with Gasteiger partial charge in [0, 0.05) is 42.0 Å². The van der Waals surface area contributed by atoms with Crippen LogP contribution in [-0.2, 0) is 0 Å². The lowest BCUT2D eigenvalue weighted by atomic mass is 9.84. The highest BCUT2D eigenvalue weighted by Gasteiger charge is 2.35. The molecule has 5 rings (SSSR count). The fourth-order valence-electron chi connectivity index (χ4n) is 4.11. The number of carbonyl (C=O) groups excluding carboxylic acids is 1. The van der Waals surface area contributed by atoms with Gasteiger partial charge in [-0.05, 0) is 57.8 Å². The average molecular weight is 359 g/mol. The van der Waals surface area contributed by atoms with Crippen molar-refractivity contribution in [2.75, 3.05) is 37.6 Å². The molecule has 0 saturated carbocycles. The Balaban J connectivity index is 1.51. The number of aromatic nitrogens is 1. The van der Waals surface area contributed by atoms with Crippen LogP contribution in [0, 0.1) is 5.92 Å². The molecule has 0 spiro atoms. The Labute approximate surface area is 153 Å². The molecule has 0 radical (unpaired) electrons. The second kappa shape index (κ2) is 6.92. The van der Waals surface area contributed by atoms with Crippen molar-refractivity contribution in [2.45, 2.75) is 32.7 Å². The van der Waals surface area contributed by atoms with E-state index in [1.807, 2.05) is 12.3 Å². The van der Waals surface area contributed by atoms with E-state index in [0.717, 1.165) is 29.7 Å². The van der Waals surface area contributed by atoms with Crippen molar-refractivity contribution in [2.24, 2.45) is 5.92 Å². The van der Waals surface area contributed by atoms with Gasteiger partial charge < -0.3 is 15.1 Å². The highest BCUT2D eigenvalue weighted by atomic mass is 32.1. The molecule has 0 aromatic carbocycles. The number of nitrogens with one attached hydrogen (secondary N) is 1. The van der Waals surface area contributed by atoms with E-state index in [4.69, 9.17) is 0 Å². The number of thiophene rings is 1. The summed E-state index contributed by atoms with van der Waals surface area (Å²) in [6, 6.07) is 4.40. The first-order chi connectivity index (χ1) is 12.2. The normalized spacial score (nSPS) is 25.3. The minimum absolute atomic E-state index is 0.0292. The molecular weight excluding hydrogens is 332 g/mol. The third kappa shape index (κ3) is 3.25. The minimum atomic E-state index is -0.0292. The third-order valence-electron chi connectivity index (χ3n) is 5.67. The third-order valence-corrected chi connectivity index (χ3v) is 6.83. The van der Waals surface area contributed by atoms with Crippen LogP contribution in [0.15, 0.2) is 18.3 Å². The summed E-state index contributed by atoms with van der Waals surface area (Å²) in [6.45, 7) is 9.67. The molecule has 1 N–H and O–H groups in total. The molecule has 3 aliphatic rings. The van der Waals surface area contributed by atoms with Gasteiger partial charge in [-0.1, -0.05) is 0 Å². The molecule has 1 amide bonds. The van der Waals surface area contributed by atoms with Crippen LogP contribution in [0.2, 0.25) is 0 Å². The quantitative estimate of drug-likeness (QED) is 0.893. The van der Waals surface area contributed by atoms with E-state index < -0.39 is 0 Å². The Bertz CT molecular complexity index is 762. The molecule has 2 aromatic rings. The van der Waals surface area contributed by atoms with E-state index in [1.165, 1.54) is 30.9 Å². The Kier molecular flexibility index (Phi) is 4.65. The van der Waals surface area contributed by atoms with Crippen LogP contribution in [0.25, 0.3) is 10.1 Å². The number of fused-ring (bicyclic) bond motifs is 4. The van der Waals surface area contributed by atoms with Crippen LogP contribution in [0.4, 0.5) is 5.00 Å². The maximum atomic E-state index is 12.7. The molecule has 3 fully saturated rings. The van der Waals surface area contributed by atoms with Crippen LogP contribution >= 0.6 is 11.3 Å². The van der Waals surface area contributed by atoms with Crippen LogP contribution in [-0.4, -0.2) is 54.6 Å². The molecule has 6 heteroatoms. The number of piperidine rings is 3. The Morgan fingerprint density at radius 1 is 1.32 bits per heavy atom. The van der Waals surface area contributed by atoms with E-state index >= 15 is 0 Å². The Morgan fingerprint density at radius 3 is 2.72 bits per heavy atom. The van der Waals surface area contributed by atoms with Gasteiger partial charge in [0.05, 0.1) is 5.00 Å². The van der Waals surface area contributed by atoms with Crippen molar-refractivity contribution in [1.29, 1.82) is 0 Å². The van der Waals surface area contributed by atoms with Gasteiger partial charge in [-0.3, -0.25) is 9.78 Å². The molecule has 3 aliphatic heterocycles. The van der Waals surface area contributed by atoms with E-state index in [1.54, 1.807) is 11.3 Å². The van der Waals surface area contributed by atoms with Gasteiger partial charge >= 0.3 is 0 Å². The number of hydrogen-bond donors (Lipinski definition) is 1. The van der Waals surface area contributed by atoms with Gasteiger partial charge in [0.25, 0.3) is 5.91 Å². The van der Waals surface area contributed by atoms with Gasteiger partial charge in [0.2, 0.25) is 0 Å². The van der Waals surface area contributed by atoms with Gasteiger partial charge in [-0.2, -0.15) is 0 Å². The number of anilines is 1. The summed E-state index contributed by atoms with van der Waals surface area (Å²) < 4.78 is 1.14. The zero-order chi connectivity index (χ0) is 17.4. The van der Waals surface area contributed by atoms with Crippen LogP contribution in [0.3, 0.4) is 0 Å². The first-order valence-corrected chi connectivity index (χ1v) is 10.2. The van der Waals surface area contributed by atoms with Crippen LogP contribution in [0.1, 0.15) is 37.2 Å². The molecule has 2 aromatic heterocycles.